The van der Waals surface area contributed by atoms with Crippen LogP contribution in [0.1, 0.15) is 19.4 Å². The second-order valence-corrected chi connectivity index (χ2v) is 3.86. The van der Waals surface area contributed by atoms with Crippen molar-refractivity contribution in [2.45, 2.75) is 26.4 Å². The first-order valence-electron chi connectivity index (χ1n) is 4.94. The molecule has 0 saturated heterocycles. The van der Waals surface area contributed by atoms with Gasteiger partial charge in [0.2, 0.25) is 0 Å². The lowest BCUT2D eigenvalue weighted by molar-refractivity contribution is 0.125. The van der Waals surface area contributed by atoms with E-state index < -0.39 is 0 Å². The molecule has 0 aliphatic heterocycles. The van der Waals surface area contributed by atoms with Crippen molar-refractivity contribution in [3.8, 4) is 5.75 Å². The highest BCUT2D eigenvalue weighted by molar-refractivity contribution is 5.27. The van der Waals surface area contributed by atoms with Gasteiger partial charge in [0.05, 0.1) is 13.2 Å². The number of benzene rings is 1. The van der Waals surface area contributed by atoms with Gasteiger partial charge in [-0.05, 0) is 30.0 Å². The second-order valence-electron chi connectivity index (χ2n) is 3.86. The first-order valence-corrected chi connectivity index (χ1v) is 4.94. The maximum Gasteiger partial charge on any atom is 0.118 e. The van der Waals surface area contributed by atoms with E-state index in [9.17, 15) is 5.11 Å². The molecule has 2 nitrogen and oxygen atoms in total. The summed E-state index contributed by atoms with van der Waals surface area (Å²) in [6, 6.07) is 7.82. The highest BCUT2D eigenvalue weighted by Crippen LogP contribution is 2.14. The summed E-state index contributed by atoms with van der Waals surface area (Å²) in [6.45, 7) is 4.04. The molecule has 1 N–H and O–H groups in total. The molecule has 0 fully saturated rings. The van der Waals surface area contributed by atoms with Crippen LogP contribution in [0.5, 0.6) is 5.75 Å². The van der Waals surface area contributed by atoms with Crippen LogP contribution in [0.25, 0.3) is 0 Å². The largest absolute Gasteiger partial charge is 0.497 e. The van der Waals surface area contributed by atoms with Crippen molar-refractivity contribution in [3.63, 3.8) is 0 Å². The Bertz CT molecular complexity index is 264. The first kappa shape index (κ1) is 11.1. The Kier molecular flexibility index (Phi) is 3.96. The molecule has 1 rings (SSSR count). The topological polar surface area (TPSA) is 29.5 Å². The van der Waals surface area contributed by atoms with Gasteiger partial charge in [0.15, 0.2) is 0 Å². The lowest BCUT2D eigenvalue weighted by Crippen LogP contribution is -2.17. The van der Waals surface area contributed by atoms with Crippen LogP contribution in [-0.2, 0) is 6.42 Å². The zero-order valence-electron chi connectivity index (χ0n) is 9.03. The van der Waals surface area contributed by atoms with Gasteiger partial charge < -0.3 is 9.84 Å². The average Bonchev–Trinajstić information content (AvgIpc) is 2.19. The first-order chi connectivity index (χ1) is 6.63. The molecule has 0 radical (unpaired) electrons. The lowest BCUT2D eigenvalue weighted by atomic mass is 9.99. The van der Waals surface area contributed by atoms with Gasteiger partial charge in [-0.2, -0.15) is 0 Å². The van der Waals surface area contributed by atoms with Crippen molar-refractivity contribution < 1.29 is 9.84 Å². The Balaban J connectivity index is 2.59. The number of ether oxygens (including phenoxy) is 1. The van der Waals surface area contributed by atoms with Crippen molar-refractivity contribution in [2.24, 2.45) is 5.92 Å². The van der Waals surface area contributed by atoms with Gasteiger partial charge in [0.25, 0.3) is 0 Å². The van der Waals surface area contributed by atoms with Gasteiger partial charge in [0.1, 0.15) is 5.75 Å². The Labute approximate surface area is 85.5 Å². The number of aliphatic hydroxyl groups excluding tert-OH is 1. The summed E-state index contributed by atoms with van der Waals surface area (Å²) in [5.41, 5.74) is 1.15. The molecule has 0 aromatic heterocycles. The van der Waals surface area contributed by atoms with Gasteiger partial charge in [-0.15, -0.1) is 0 Å². The summed E-state index contributed by atoms with van der Waals surface area (Å²) in [7, 11) is 1.65. The number of hydrogen-bond donors (Lipinski definition) is 1. The fourth-order valence-electron chi connectivity index (χ4n) is 1.24. The number of hydrogen-bond acceptors (Lipinski definition) is 2. The third-order valence-corrected chi connectivity index (χ3v) is 2.37. The molecule has 78 valence electrons. The van der Waals surface area contributed by atoms with E-state index in [2.05, 4.69) is 0 Å². The minimum atomic E-state index is -0.261. The van der Waals surface area contributed by atoms with E-state index in [-0.39, 0.29) is 6.10 Å². The van der Waals surface area contributed by atoms with Crippen LogP contribution in [0.4, 0.5) is 0 Å². The summed E-state index contributed by atoms with van der Waals surface area (Å²) in [6.07, 6.45) is 0.449. The van der Waals surface area contributed by atoms with Crippen molar-refractivity contribution in [1.29, 1.82) is 0 Å². The Morgan fingerprint density at radius 3 is 2.21 bits per heavy atom. The van der Waals surface area contributed by atoms with Crippen molar-refractivity contribution in [1.82, 2.24) is 0 Å². The molecule has 1 aromatic rings. The van der Waals surface area contributed by atoms with Gasteiger partial charge >= 0.3 is 0 Å². The predicted molar refractivity (Wildman–Crippen MR) is 57.5 cm³/mol. The van der Waals surface area contributed by atoms with E-state index in [1.165, 1.54) is 0 Å². The van der Waals surface area contributed by atoms with Crippen molar-refractivity contribution in [3.05, 3.63) is 29.8 Å². The molecule has 0 heterocycles. The highest BCUT2D eigenvalue weighted by atomic mass is 16.5. The van der Waals surface area contributed by atoms with E-state index in [0.29, 0.717) is 12.3 Å². The molecule has 1 atom stereocenters. The molecule has 0 aliphatic rings. The minimum absolute atomic E-state index is 0.261. The molecule has 0 aliphatic carbocycles. The van der Waals surface area contributed by atoms with Crippen LogP contribution >= 0.6 is 0 Å². The molecule has 0 amide bonds. The van der Waals surface area contributed by atoms with Gasteiger partial charge in [-0.3, -0.25) is 0 Å². The van der Waals surface area contributed by atoms with Crippen LogP contribution in [0, 0.1) is 5.92 Å². The molecular weight excluding hydrogens is 176 g/mol. The zero-order chi connectivity index (χ0) is 10.6. The molecule has 0 spiro atoms. The Morgan fingerprint density at radius 2 is 1.79 bits per heavy atom. The normalized spacial score (nSPS) is 12.9. The standard InChI is InChI=1S/C12H18O2/c1-9(2)12(13)8-10-4-6-11(14-3)7-5-10/h4-7,9,12-13H,8H2,1-3H3. The third-order valence-electron chi connectivity index (χ3n) is 2.37. The number of rotatable bonds is 4. The maximum atomic E-state index is 9.68. The SMILES string of the molecule is COc1ccc(CC(O)C(C)C)cc1. The maximum absolute atomic E-state index is 9.68. The fraction of sp³-hybridized carbons (Fsp3) is 0.500. The van der Waals surface area contributed by atoms with Crippen LogP contribution in [0.3, 0.4) is 0 Å². The van der Waals surface area contributed by atoms with Crippen LogP contribution in [0.15, 0.2) is 24.3 Å². The molecule has 14 heavy (non-hydrogen) atoms. The summed E-state index contributed by atoms with van der Waals surface area (Å²) in [4.78, 5) is 0. The van der Waals surface area contributed by atoms with Gasteiger partial charge in [-0.1, -0.05) is 26.0 Å². The van der Waals surface area contributed by atoms with E-state index in [1.807, 2.05) is 38.1 Å². The van der Waals surface area contributed by atoms with Gasteiger partial charge in [-0.25, -0.2) is 0 Å². The average molecular weight is 194 g/mol. The zero-order valence-corrected chi connectivity index (χ0v) is 9.03. The minimum Gasteiger partial charge on any atom is -0.497 e. The summed E-state index contributed by atoms with van der Waals surface area (Å²) < 4.78 is 5.06. The van der Waals surface area contributed by atoms with Crippen LogP contribution in [0.2, 0.25) is 0 Å². The summed E-state index contributed by atoms with van der Waals surface area (Å²) >= 11 is 0. The summed E-state index contributed by atoms with van der Waals surface area (Å²) in [5.74, 6) is 1.16. The molecule has 1 aromatic carbocycles. The van der Waals surface area contributed by atoms with Crippen LogP contribution in [-0.4, -0.2) is 18.3 Å². The van der Waals surface area contributed by atoms with E-state index >= 15 is 0 Å². The Morgan fingerprint density at radius 1 is 1.21 bits per heavy atom. The Hall–Kier alpha value is -1.02. The molecule has 1 unspecified atom stereocenters. The second kappa shape index (κ2) is 5.01. The quantitative estimate of drug-likeness (QED) is 0.796. The van der Waals surface area contributed by atoms with E-state index in [1.54, 1.807) is 7.11 Å². The number of methoxy groups -OCH3 is 1. The van der Waals surface area contributed by atoms with E-state index in [0.717, 1.165) is 11.3 Å². The molecule has 2 heteroatoms. The van der Waals surface area contributed by atoms with Gasteiger partial charge in [0, 0.05) is 0 Å². The highest BCUT2D eigenvalue weighted by Gasteiger charge is 2.09. The molecule has 0 bridgehead atoms. The smallest absolute Gasteiger partial charge is 0.118 e. The van der Waals surface area contributed by atoms with Crippen molar-refractivity contribution in [2.75, 3.05) is 7.11 Å². The lowest BCUT2D eigenvalue weighted by Gasteiger charge is -2.14. The monoisotopic (exact) mass is 194 g/mol. The predicted octanol–water partition coefficient (Wildman–Crippen LogP) is 2.25. The van der Waals surface area contributed by atoms with E-state index in [4.69, 9.17) is 4.74 Å². The fourth-order valence-corrected chi connectivity index (χ4v) is 1.24. The molecular formula is C12H18O2. The molecule has 0 saturated carbocycles. The number of aliphatic hydroxyl groups is 1. The summed E-state index contributed by atoms with van der Waals surface area (Å²) in [5, 5.41) is 9.68. The van der Waals surface area contributed by atoms with Crippen molar-refractivity contribution >= 4 is 0 Å². The third kappa shape index (κ3) is 3.04. The van der Waals surface area contributed by atoms with Crippen LogP contribution < -0.4 is 4.74 Å².